The molecule has 1 atom stereocenters. The van der Waals surface area contributed by atoms with Crippen LogP contribution in [0.2, 0.25) is 0 Å². The zero-order valence-corrected chi connectivity index (χ0v) is 20.0. The Kier molecular flexibility index (Phi) is 6.56. The molecule has 2 saturated heterocycles. The van der Waals surface area contributed by atoms with Crippen molar-refractivity contribution in [2.24, 2.45) is 5.92 Å². The summed E-state index contributed by atoms with van der Waals surface area (Å²) in [6, 6.07) is 3.30. The number of methoxy groups -OCH3 is 2. The second kappa shape index (κ2) is 9.78. The number of aromatic nitrogens is 4. The summed E-state index contributed by atoms with van der Waals surface area (Å²) in [4.78, 5) is 31.6. The monoisotopic (exact) mass is 486 g/mol. The van der Waals surface area contributed by atoms with E-state index in [0.717, 1.165) is 18.5 Å². The molecule has 0 bridgehead atoms. The van der Waals surface area contributed by atoms with Gasteiger partial charge in [-0.15, -0.1) is 5.10 Å². The van der Waals surface area contributed by atoms with Crippen molar-refractivity contribution >= 4 is 11.8 Å². The van der Waals surface area contributed by atoms with Gasteiger partial charge in [0.25, 0.3) is 5.91 Å². The number of hydrogen-bond acceptors (Lipinski definition) is 9. The highest BCUT2D eigenvalue weighted by Gasteiger charge is 2.45. The summed E-state index contributed by atoms with van der Waals surface area (Å²) in [5, 5.41) is 11.6. The molecule has 1 unspecified atom stereocenters. The van der Waals surface area contributed by atoms with Crippen molar-refractivity contribution in [2.45, 2.75) is 44.6 Å². The lowest BCUT2D eigenvalue weighted by Gasteiger charge is -2.34. The number of hydrogen-bond donors (Lipinski definition) is 1. The number of nitrogens with one attached hydrogen (secondary N) is 1. The van der Waals surface area contributed by atoms with Gasteiger partial charge in [0.15, 0.2) is 0 Å². The summed E-state index contributed by atoms with van der Waals surface area (Å²) in [6.07, 6.45) is 2.16. The molecule has 3 aliphatic rings. The lowest BCUT2D eigenvalue weighted by atomic mass is 9.99. The normalized spacial score (nSPS) is 22.2. The predicted molar refractivity (Wildman–Crippen MR) is 121 cm³/mol. The summed E-state index contributed by atoms with van der Waals surface area (Å²) in [5.41, 5.74) is 1.41. The second-order valence-corrected chi connectivity index (χ2v) is 9.10. The van der Waals surface area contributed by atoms with Crippen molar-refractivity contribution in [2.75, 3.05) is 40.5 Å². The molecule has 5 rings (SSSR count). The van der Waals surface area contributed by atoms with E-state index >= 15 is 0 Å². The molecule has 0 saturated carbocycles. The first-order chi connectivity index (χ1) is 17.0. The number of fused-ring (bicyclic) bond motifs is 1. The Labute approximate surface area is 202 Å². The molecule has 1 spiro atoms. The number of ether oxygens (including phenoxy) is 4. The molecule has 12 heteroatoms. The average Bonchev–Trinajstić information content (AvgIpc) is 3.50. The topological polar surface area (TPSA) is 130 Å². The van der Waals surface area contributed by atoms with E-state index in [2.05, 4.69) is 20.6 Å². The van der Waals surface area contributed by atoms with Crippen molar-refractivity contribution < 1.29 is 28.5 Å². The first-order valence-corrected chi connectivity index (χ1v) is 11.8. The van der Waals surface area contributed by atoms with Gasteiger partial charge in [-0.3, -0.25) is 9.59 Å². The van der Waals surface area contributed by atoms with Crippen LogP contribution in [-0.4, -0.2) is 82.8 Å². The molecular weight excluding hydrogens is 456 g/mol. The molecule has 2 aromatic heterocycles. The first-order valence-electron chi connectivity index (χ1n) is 11.8. The standard InChI is InChI=1S/C23H30N6O6/c1-32-19-4-3-16(21(25-19)33-2)22(31)28-8-7-23(13-28)14-29-18(12-35-23)17(26-27-29)11-24-20(30)15-5-9-34-10-6-15/h3-4,15H,5-14H2,1-2H3,(H,24,30). The highest BCUT2D eigenvalue weighted by molar-refractivity contribution is 5.96. The number of rotatable bonds is 6. The van der Waals surface area contributed by atoms with Crippen molar-refractivity contribution in [3.8, 4) is 11.8 Å². The third kappa shape index (κ3) is 4.67. The minimum Gasteiger partial charge on any atom is -0.481 e. The average molecular weight is 487 g/mol. The van der Waals surface area contributed by atoms with E-state index in [1.54, 1.807) is 17.0 Å². The summed E-state index contributed by atoms with van der Waals surface area (Å²) < 4.78 is 23.9. The lowest BCUT2D eigenvalue weighted by Crippen LogP contribution is -2.45. The Morgan fingerprint density at radius 3 is 2.80 bits per heavy atom. The van der Waals surface area contributed by atoms with E-state index in [4.69, 9.17) is 18.9 Å². The summed E-state index contributed by atoms with van der Waals surface area (Å²) in [6.45, 7) is 3.35. The SMILES string of the molecule is COc1ccc(C(=O)N2CCC3(C2)Cn2nnc(CNC(=O)C4CCOCC4)c2CO3)c(OC)n1. The van der Waals surface area contributed by atoms with Gasteiger partial charge in [0.1, 0.15) is 16.9 Å². The van der Waals surface area contributed by atoms with Crippen LogP contribution in [0.4, 0.5) is 0 Å². The zero-order valence-electron chi connectivity index (χ0n) is 20.0. The smallest absolute Gasteiger partial charge is 0.259 e. The Bertz CT molecular complexity index is 1100. The molecule has 2 fully saturated rings. The highest BCUT2D eigenvalue weighted by Crippen LogP contribution is 2.34. The molecule has 35 heavy (non-hydrogen) atoms. The van der Waals surface area contributed by atoms with E-state index in [1.165, 1.54) is 14.2 Å². The fourth-order valence-corrected chi connectivity index (χ4v) is 4.90. The van der Waals surface area contributed by atoms with E-state index in [0.29, 0.717) is 69.6 Å². The van der Waals surface area contributed by atoms with Crippen LogP contribution in [-0.2, 0) is 34.0 Å². The molecule has 5 heterocycles. The quantitative estimate of drug-likeness (QED) is 0.622. The van der Waals surface area contributed by atoms with Crippen LogP contribution in [0.25, 0.3) is 0 Å². The zero-order chi connectivity index (χ0) is 24.4. The molecule has 12 nitrogen and oxygen atoms in total. The molecule has 1 N–H and O–H groups in total. The highest BCUT2D eigenvalue weighted by atomic mass is 16.5. The van der Waals surface area contributed by atoms with E-state index in [1.807, 2.05) is 4.68 Å². The van der Waals surface area contributed by atoms with Crippen molar-refractivity contribution in [3.63, 3.8) is 0 Å². The van der Waals surface area contributed by atoms with Gasteiger partial charge in [0, 0.05) is 31.7 Å². The second-order valence-electron chi connectivity index (χ2n) is 9.10. The van der Waals surface area contributed by atoms with E-state index < -0.39 is 5.60 Å². The third-order valence-corrected chi connectivity index (χ3v) is 6.96. The maximum Gasteiger partial charge on any atom is 0.259 e. The summed E-state index contributed by atoms with van der Waals surface area (Å²) in [7, 11) is 2.99. The van der Waals surface area contributed by atoms with E-state index in [-0.39, 0.29) is 23.6 Å². The van der Waals surface area contributed by atoms with Crippen LogP contribution >= 0.6 is 0 Å². The molecule has 3 aliphatic heterocycles. The number of carbonyl (C=O) groups is 2. The minimum absolute atomic E-state index is 0.0174. The molecule has 0 aliphatic carbocycles. The maximum absolute atomic E-state index is 13.2. The van der Waals surface area contributed by atoms with Gasteiger partial charge < -0.3 is 29.2 Å². The van der Waals surface area contributed by atoms with Gasteiger partial charge in [-0.25, -0.2) is 4.68 Å². The van der Waals surface area contributed by atoms with Gasteiger partial charge in [0.05, 0.1) is 46.2 Å². The lowest BCUT2D eigenvalue weighted by molar-refractivity contribution is -0.128. The number of carbonyl (C=O) groups excluding carboxylic acids is 2. The molecule has 0 radical (unpaired) electrons. The van der Waals surface area contributed by atoms with Gasteiger partial charge in [0.2, 0.25) is 17.7 Å². The number of amides is 2. The Morgan fingerprint density at radius 2 is 2.03 bits per heavy atom. The van der Waals surface area contributed by atoms with Crippen LogP contribution in [0.5, 0.6) is 11.8 Å². The van der Waals surface area contributed by atoms with Gasteiger partial charge in [-0.2, -0.15) is 4.98 Å². The van der Waals surface area contributed by atoms with Gasteiger partial charge in [-0.05, 0) is 25.3 Å². The largest absolute Gasteiger partial charge is 0.481 e. The number of nitrogens with zero attached hydrogens (tertiary/aromatic N) is 5. The summed E-state index contributed by atoms with van der Waals surface area (Å²) >= 11 is 0. The molecule has 2 amide bonds. The Balaban J connectivity index is 1.22. The molecule has 0 aromatic carbocycles. The molecule has 2 aromatic rings. The summed E-state index contributed by atoms with van der Waals surface area (Å²) in [5.74, 6) is 0.447. The minimum atomic E-state index is -0.536. The fourth-order valence-electron chi connectivity index (χ4n) is 4.90. The van der Waals surface area contributed by atoms with Gasteiger partial charge in [-0.1, -0.05) is 5.21 Å². The third-order valence-electron chi connectivity index (χ3n) is 6.96. The van der Waals surface area contributed by atoms with Crippen LogP contribution in [0.3, 0.4) is 0 Å². The van der Waals surface area contributed by atoms with Crippen LogP contribution in [0, 0.1) is 5.92 Å². The van der Waals surface area contributed by atoms with Crippen LogP contribution < -0.4 is 14.8 Å². The number of pyridine rings is 1. The van der Waals surface area contributed by atoms with Crippen LogP contribution in [0.15, 0.2) is 12.1 Å². The van der Waals surface area contributed by atoms with Crippen molar-refractivity contribution in [3.05, 3.63) is 29.1 Å². The Morgan fingerprint density at radius 1 is 1.20 bits per heavy atom. The van der Waals surface area contributed by atoms with Gasteiger partial charge >= 0.3 is 0 Å². The maximum atomic E-state index is 13.2. The number of likely N-dealkylation sites (tertiary alicyclic amines) is 1. The fraction of sp³-hybridized carbons (Fsp3) is 0.609. The predicted octanol–water partition coefficient (Wildman–Crippen LogP) is 0.548. The first kappa shape index (κ1) is 23.5. The van der Waals surface area contributed by atoms with E-state index in [9.17, 15) is 9.59 Å². The molecule has 188 valence electrons. The Hall–Kier alpha value is -3.25. The molecular formula is C23H30N6O6. The van der Waals surface area contributed by atoms with Crippen molar-refractivity contribution in [1.29, 1.82) is 0 Å². The van der Waals surface area contributed by atoms with Crippen molar-refractivity contribution in [1.82, 2.24) is 30.2 Å². The van der Waals surface area contributed by atoms with Crippen LogP contribution in [0.1, 0.15) is 41.0 Å².